The number of nitro benzene ring substituents is 1. The van der Waals surface area contributed by atoms with Gasteiger partial charge in [-0.3, -0.25) is 19.7 Å². The van der Waals surface area contributed by atoms with E-state index in [2.05, 4.69) is 10.6 Å². The molecule has 1 aliphatic carbocycles. The van der Waals surface area contributed by atoms with E-state index in [0.29, 0.717) is 11.6 Å². The van der Waals surface area contributed by atoms with Crippen LogP contribution in [0, 0.1) is 10.1 Å². The summed E-state index contributed by atoms with van der Waals surface area (Å²) in [6.07, 6.45) is -3.06. The smallest absolute Gasteiger partial charge is 0.420 e. The third-order valence-electron chi connectivity index (χ3n) is 4.16. The third kappa shape index (κ3) is 5.46. The van der Waals surface area contributed by atoms with Crippen LogP contribution in [0.1, 0.15) is 28.8 Å². The number of ether oxygens (including phenoxy) is 1. The van der Waals surface area contributed by atoms with Crippen LogP contribution in [-0.4, -0.2) is 29.4 Å². The number of non-ortho nitro benzene ring substituents is 1. The highest BCUT2D eigenvalue weighted by molar-refractivity contribution is 5.97. The zero-order chi connectivity index (χ0) is 21.9. The molecule has 2 N–H and O–H groups in total. The number of nitrogens with zero attached hydrogens (tertiary/aromatic N) is 1. The van der Waals surface area contributed by atoms with E-state index in [1.165, 1.54) is 12.1 Å². The fraction of sp³-hybridized carbons (Fsp3) is 0.263. The second kappa shape index (κ2) is 8.39. The minimum atomic E-state index is -4.90. The molecule has 3 rings (SSSR count). The molecule has 30 heavy (non-hydrogen) atoms. The van der Waals surface area contributed by atoms with Crippen LogP contribution in [0.2, 0.25) is 0 Å². The molecule has 1 aliphatic rings. The van der Waals surface area contributed by atoms with Crippen LogP contribution >= 0.6 is 0 Å². The van der Waals surface area contributed by atoms with Gasteiger partial charge in [0.1, 0.15) is 11.3 Å². The van der Waals surface area contributed by atoms with Gasteiger partial charge < -0.3 is 15.4 Å². The maximum absolute atomic E-state index is 13.1. The molecule has 0 unspecified atom stereocenters. The second-order valence-corrected chi connectivity index (χ2v) is 6.60. The number of alkyl halides is 3. The molecule has 0 aromatic heterocycles. The van der Waals surface area contributed by atoms with Crippen molar-refractivity contribution in [2.75, 3.05) is 11.9 Å². The van der Waals surface area contributed by atoms with Gasteiger partial charge in [-0.1, -0.05) is 6.07 Å². The number of amides is 2. The molecular weight excluding hydrogens is 407 g/mol. The third-order valence-corrected chi connectivity index (χ3v) is 4.16. The van der Waals surface area contributed by atoms with Crippen molar-refractivity contribution in [3.63, 3.8) is 0 Å². The van der Waals surface area contributed by atoms with E-state index in [1.54, 1.807) is 12.1 Å². The van der Waals surface area contributed by atoms with Crippen LogP contribution in [0.4, 0.5) is 24.5 Å². The largest absolute Gasteiger partial charge is 0.483 e. The lowest BCUT2D eigenvalue weighted by molar-refractivity contribution is -0.385. The highest BCUT2D eigenvalue weighted by Crippen LogP contribution is 2.38. The van der Waals surface area contributed by atoms with Gasteiger partial charge in [0.15, 0.2) is 6.61 Å². The van der Waals surface area contributed by atoms with Gasteiger partial charge >= 0.3 is 6.18 Å². The minimum absolute atomic E-state index is 0.161. The van der Waals surface area contributed by atoms with Gasteiger partial charge in [0.25, 0.3) is 17.5 Å². The van der Waals surface area contributed by atoms with Crippen molar-refractivity contribution in [3.05, 3.63) is 63.7 Å². The van der Waals surface area contributed by atoms with Crippen molar-refractivity contribution in [3.8, 4) is 5.75 Å². The summed E-state index contributed by atoms with van der Waals surface area (Å²) in [4.78, 5) is 33.9. The summed E-state index contributed by atoms with van der Waals surface area (Å²) in [7, 11) is 0. The molecule has 1 fully saturated rings. The van der Waals surface area contributed by atoms with Gasteiger partial charge in [0.05, 0.1) is 4.92 Å². The number of anilines is 1. The number of halogens is 3. The first-order valence-electron chi connectivity index (χ1n) is 8.82. The zero-order valence-electron chi connectivity index (χ0n) is 15.4. The van der Waals surface area contributed by atoms with Crippen molar-refractivity contribution in [1.82, 2.24) is 5.32 Å². The molecule has 1 saturated carbocycles. The van der Waals surface area contributed by atoms with Crippen molar-refractivity contribution in [2.24, 2.45) is 0 Å². The van der Waals surface area contributed by atoms with Crippen LogP contribution < -0.4 is 15.4 Å². The summed E-state index contributed by atoms with van der Waals surface area (Å²) in [6, 6.07) is 8.21. The average Bonchev–Trinajstić information content (AvgIpc) is 3.49. The Kier molecular flexibility index (Phi) is 5.90. The Morgan fingerprint density at radius 1 is 1.17 bits per heavy atom. The lowest BCUT2D eigenvalue weighted by atomic mass is 10.1. The van der Waals surface area contributed by atoms with Crippen molar-refractivity contribution >= 4 is 23.2 Å². The van der Waals surface area contributed by atoms with Gasteiger partial charge in [0.2, 0.25) is 0 Å². The lowest BCUT2D eigenvalue weighted by Gasteiger charge is -2.14. The van der Waals surface area contributed by atoms with Gasteiger partial charge in [-0.25, -0.2) is 0 Å². The fourth-order valence-corrected chi connectivity index (χ4v) is 2.55. The first kappa shape index (κ1) is 21.1. The lowest BCUT2D eigenvalue weighted by Crippen LogP contribution is -2.25. The topological polar surface area (TPSA) is 111 Å². The maximum Gasteiger partial charge on any atom is 0.420 e. The molecule has 8 nitrogen and oxygen atoms in total. The zero-order valence-corrected chi connectivity index (χ0v) is 15.4. The molecule has 0 atom stereocenters. The molecule has 0 aliphatic heterocycles. The normalized spacial score (nSPS) is 13.4. The Morgan fingerprint density at radius 2 is 1.90 bits per heavy atom. The van der Waals surface area contributed by atoms with E-state index < -0.39 is 40.6 Å². The van der Waals surface area contributed by atoms with Gasteiger partial charge in [0, 0.05) is 29.4 Å². The van der Waals surface area contributed by atoms with E-state index in [4.69, 9.17) is 4.74 Å². The van der Waals surface area contributed by atoms with E-state index in [-0.39, 0.29) is 17.6 Å². The molecule has 2 amide bonds. The Balaban J connectivity index is 1.65. The first-order chi connectivity index (χ1) is 14.1. The quantitative estimate of drug-likeness (QED) is 0.523. The molecule has 0 spiro atoms. The van der Waals surface area contributed by atoms with Crippen LogP contribution in [-0.2, 0) is 11.0 Å². The number of hydrogen-bond acceptors (Lipinski definition) is 5. The number of nitrogens with one attached hydrogen (secondary N) is 2. The summed E-state index contributed by atoms with van der Waals surface area (Å²) in [6.45, 7) is -0.764. The van der Waals surface area contributed by atoms with E-state index in [0.717, 1.165) is 25.0 Å². The number of carbonyl (C=O) groups is 2. The van der Waals surface area contributed by atoms with Crippen molar-refractivity contribution in [2.45, 2.75) is 25.1 Å². The van der Waals surface area contributed by atoms with Crippen molar-refractivity contribution in [1.29, 1.82) is 0 Å². The average molecular weight is 423 g/mol. The molecule has 158 valence electrons. The standard InChI is InChI=1S/C19H16F3N3O5/c20-19(21,22)15-9-14(25(28)29)6-7-16(15)30-10-17(26)23-13-3-1-2-11(8-13)18(27)24-12-4-5-12/h1-3,6-9,12H,4-5,10H2,(H,23,26)(H,24,27). The monoisotopic (exact) mass is 423 g/mol. The van der Waals surface area contributed by atoms with Crippen LogP contribution in [0.5, 0.6) is 5.75 Å². The summed E-state index contributed by atoms with van der Waals surface area (Å²) < 4.78 is 44.3. The highest BCUT2D eigenvalue weighted by Gasteiger charge is 2.36. The molecular formula is C19H16F3N3O5. The predicted octanol–water partition coefficient (Wildman–Crippen LogP) is 3.52. The van der Waals surface area contributed by atoms with E-state index >= 15 is 0 Å². The maximum atomic E-state index is 13.1. The van der Waals surface area contributed by atoms with Crippen LogP contribution in [0.3, 0.4) is 0 Å². The number of hydrogen-bond donors (Lipinski definition) is 2. The number of nitro groups is 1. The van der Waals surface area contributed by atoms with Crippen LogP contribution in [0.15, 0.2) is 42.5 Å². The summed E-state index contributed by atoms with van der Waals surface area (Å²) in [5.41, 5.74) is -1.51. The highest BCUT2D eigenvalue weighted by atomic mass is 19.4. The second-order valence-electron chi connectivity index (χ2n) is 6.60. The van der Waals surface area contributed by atoms with Gasteiger partial charge in [-0.05, 0) is 37.1 Å². The van der Waals surface area contributed by atoms with E-state index in [1.807, 2.05) is 0 Å². The predicted molar refractivity (Wildman–Crippen MR) is 99.2 cm³/mol. The number of carbonyl (C=O) groups excluding carboxylic acids is 2. The Hall–Kier alpha value is -3.63. The first-order valence-corrected chi connectivity index (χ1v) is 8.82. The summed E-state index contributed by atoms with van der Waals surface area (Å²) in [5, 5.41) is 15.9. The molecule has 0 saturated heterocycles. The minimum Gasteiger partial charge on any atom is -0.483 e. The van der Waals surface area contributed by atoms with E-state index in [9.17, 15) is 32.9 Å². The Labute approximate surface area is 168 Å². The molecule has 2 aromatic carbocycles. The van der Waals surface area contributed by atoms with Crippen LogP contribution in [0.25, 0.3) is 0 Å². The van der Waals surface area contributed by atoms with Crippen molar-refractivity contribution < 1.29 is 32.4 Å². The summed E-state index contributed by atoms with van der Waals surface area (Å²) in [5.74, 6) is -1.76. The summed E-state index contributed by atoms with van der Waals surface area (Å²) >= 11 is 0. The molecule has 11 heteroatoms. The van der Waals surface area contributed by atoms with Gasteiger partial charge in [-0.15, -0.1) is 0 Å². The van der Waals surface area contributed by atoms with Gasteiger partial charge in [-0.2, -0.15) is 13.2 Å². The SMILES string of the molecule is O=C(COc1ccc([N+](=O)[O-])cc1C(F)(F)F)Nc1cccc(C(=O)NC2CC2)c1. The fourth-order valence-electron chi connectivity index (χ4n) is 2.55. The Bertz CT molecular complexity index is 990. The molecule has 0 radical (unpaired) electrons. The molecule has 0 bridgehead atoms. The Morgan fingerprint density at radius 3 is 2.53 bits per heavy atom. The molecule has 0 heterocycles. The molecule has 2 aromatic rings. The number of rotatable bonds is 7. The number of benzene rings is 2.